The molecular weight excluding hydrogens is 304 g/mol. The van der Waals surface area contributed by atoms with E-state index in [2.05, 4.69) is 13.8 Å². The first kappa shape index (κ1) is 19.3. The number of hydrogen-bond acceptors (Lipinski definition) is 2. The molecule has 0 aromatic rings. The van der Waals surface area contributed by atoms with Crippen molar-refractivity contribution in [1.82, 2.24) is 0 Å². The molecular formula is C20H34O4. The van der Waals surface area contributed by atoms with Gasteiger partial charge in [0.05, 0.1) is 11.8 Å². The molecule has 6 unspecified atom stereocenters. The molecule has 0 aromatic carbocycles. The normalized spacial score (nSPS) is 36.1. The van der Waals surface area contributed by atoms with E-state index in [0.717, 1.165) is 64.2 Å². The van der Waals surface area contributed by atoms with Gasteiger partial charge < -0.3 is 10.2 Å². The second-order valence-electron chi connectivity index (χ2n) is 8.06. The third kappa shape index (κ3) is 4.31. The van der Waals surface area contributed by atoms with Crippen molar-refractivity contribution in [2.75, 3.05) is 0 Å². The fourth-order valence-corrected chi connectivity index (χ4v) is 5.43. The highest BCUT2D eigenvalue weighted by Gasteiger charge is 2.49. The number of carboxylic acids is 2. The highest BCUT2D eigenvalue weighted by molar-refractivity contribution is 5.71. The van der Waals surface area contributed by atoms with Gasteiger partial charge in [-0.3, -0.25) is 9.59 Å². The van der Waals surface area contributed by atoms with Crippen LogP contribution in [-0.2, 0) is 9.59 Å². The standard InChI is InChI=1S/C20H34O4/c1-3-5-7-15-16(8-6-4-2)18(20(23)24)11-13-9-10-14(19(21)22)12-17(13)15/h13-18H,3-12H2,1-2H3,(H,21,22)(H,23,24). The van der Waals surface area contributed by atoms with Crippen molar-refractivity contribution in [3.63, 3.8) is 0 Å². The van der Waals surface area contributed by atoms with Crippen molar-refractivity contribution < 1.29 is 19.8 Å². The van der Waals surface area contributed by atoms with Crippen LogP contribution in [0.25, 0.3) is 0 Å². The first-order valence-corrected chi connectivity index (χ1v) is 9.95. The third-order valence-corrected chi connectivity index (χ3v) is 6.67. The third-order valence-electron chi connectivity index (χ3n) is 6.67. The molecule has 2 saturated carbocycles. The second kappa shape index (κ2) is 8.87. The molecule has 0 radical (unpaired) electrons. The molecule has 0 aromatic heterocycles. The highest BCUT2D eigenvalue weighted by atomic mass is 16.4. The fourth-order valence-electron chi connectivity index (χ4n) is 5.43. The molecule has 2 rings (SSSR count). The number of carbonyl (C=O) groups is 2. The smallest absolute Gasteiger partial charge is 0.306 e. The summed E-state index contributed by atoms with van der Waals surface area (Å²) in [6.45, 7) is 4.33. The van der Waals surface area contributed by atoms with Crippen LogP contribution in [0.5, 0.6) is 0 Å². The molecule has 0 amide bonds. The van der Waals surface area contributed by atoms with Gasteiger partial charge in [-0.1, -0.05) is 39.5 Å². The molecule has 4 nitrogen and oxygen atoms in total. The van der Waals surface area contributed by atoms with Crippen molar-refractivity contribution in [3.05, 3.63) is 0 Å². The fraction of sp³-hybridized carbons (Fsp3) is 0.900. The Morgan fingerprint density at radius 2 is 1.50 bits per heavy atom. The van der Waals surface area contributed by atoms with Crippen molar-refractivity contribution in [3.8, 4) is 0 Å². The lowest BCUT2D eigenvalue weighted by Gasteiger charge is -2.50. The van der Waals surface area contributed by atoms with E-state index < -0.39 is 11.9 Å². The van der Waals surface area contributed by atoms with E-state index in [1.807, 2.05) is 0 Å². The maximum absolute atomic E-state index is 11.9. The Morgan fingerprint density at radius 3 is 2.04 bits per heavy atom. The van der Waals surface area contributed by atoms with Crippen LogP contribution in [-0.4, -0.2) is 22.2 Å². The van der Waals surface area contributed by atoms with Crippen LogP contribution in [0, 0.1) is 35.5 Å². The summed E-state index contributed by atoms with van der Waals surface area (Å²) < 4.78 is 0. The van der Waals surface area contributed by atoms with Gasteiger partial charge in [0.1, 0.15) is 0 Å². The van der Waals surface area contributed by atoms with Gasteiger partial charge in [0.15, 0.2) is 0 Å². The van der Waals surface area contributed by atoms with Crippen LogP contribution in [0.4, 0.5) is 0 Å². The van der Waals surface area contributed by atoms with E-state index in [1.165, 1.54) is 0 Å². The number of hydrogen-bond donors (Lipinski definition) is 2. The maximum Gasteiger partial charge on any atom is 0.306 e. The number of fused-ring (bicyclic) bond motifs is 1. The monoisotopic (exact) mass is 338 g/mol. The lowest BCUT2D eigenvalue weighted by Crippen LogP contribution is -2.46. The molecule has 24 heavy (non-hydrogen) atoms. The zero-order valence-corrected chi connectivity index (χ0v) is 15.2. The van der Waals surface area contributed by atoms with E-state index in [0.29, 0.717) is 17.8 Å². The van der Waals surface area contributed by atoms with Gasteiger partial charge in [0, 0.05) is 0 Å². The predicted molar refractivity (Wildman–Crippen MR) is 93.7 cm³/mol. The Morgan fingerprint density at radius 1 is 0.875 bits per heavy atom. The Labute approximate surface area is 146 Å². The Hall–Kier alpha value is -1.06. The lowest BCUT2D eigenvalue weighted by molar-refractivity contribution is -0.154. The van der Waals surface area contributed by atoms with Crippen LogP contribution < -0.4 is 0 Å². The quantitative estimate of drug-likeness (QED) is 0.665. The summed E-state index contributed by atoms with van der Waals surface area (Å²) in [6.07, 6.45) is 9.64. The molecule has 0 spiro atoms. The molecule has 0 aliphatic heterocycles. The first-order chi connectivity index (χ1) is 11.5. The van der Waals surface area contributed by atoms with Gasteiger partial charge in [-0.2, -0.15) is 0 Å². The predicted octanol–water partition coefficient (Wildman–Crippen LogP) is 4.82. The van der Waals surface area contributed by atoms with E-state index in [1.54, 1.807) is 0 Å². The minimum absolute atomic E-state index is 0.219. The van der Waals surface area contributed by atoms with Gasteiger partial charge in [0.25, 0.3) is 0 Å². The molecule has 2 fully saturated rings. The molecule has 2 N–H and O–H groups in total. The summed E-state index contributed by atoms with van der Waals surface area (Å²) in [5.41, 5.74) is 0. The van der Waals surface area contributed by atoms with Crippen molar-refractivity contribution >= 4 is 11.9 Å². The number of aliphatic carboxylic acids is 2. The second-order valence-corrected chi connectivity index (χ2v) is 8.06. The van der Waals surface area contributed by atoms with Crippen molar-refractivity contribution in [2.45, 2.75) is 78.1 Å². The van der Waals surface area contributed by atoms with Crippen LogP contribution in [0.1, 0.15) is 78.1 Å². The summed E-state index contributed by atoms with van der Waals surface area (Å²) in [6, 6.07) is 0. The average Bonchev–Trinajstić information content (AvgIpc) is 2.56. The van der Waals surface area contributed by atoms with Crippen LogP contribution in [0.15, 0.2) is 0 Å². The molecule has 2 aliphatic rings. The number of unbranched alkanes of at least 4 members (excludes halogenated alkanes) is 2. The van der Waals surface area contributed by atoms with Gasteiger partial charge in [-0.15, -0.1) is 0 Å². The van der Waals surface area contributed by atoms with Gasteiger partial charge in [-0.25, -0.2) is 0 Å². The number of rotatable bonds is 8. The molecule has 0 heterocycles. The Kier molecular flexibility index (Phi) is 7.12. The maximum atomic E-state index is 11.9. The van der Waals surface area contributed by atoms with Crippen LogP contribution in [0.3, 0.4) is 0 Å². The number of carboxylic acid groups (broad SMARTS) is 2. The zero-order chi connectivity index (χ0) is 17.7. The van der Waals surface area contributed by atoms with Crippen molar-refractivity contribution in [1.29, 1.82) is 0 Å². The van der Waals surface area contributed by atoms with Gasteiger partial charge in [0.2, 0.25) is 0 Å². The molecule has 4 heteroatoms. The molecule has 6 atom stereocenters. The highest BCUT2D eigenvalue weighted by Crippen LogP contribution is 2.53. The summed E-state index contributed by atoms with van der Waals surface area (Å²) in [5.74, 6) is -0.249. The lowest BCUT2D eigenvalue weighted by atomic mass is 9.54. The average molecular weight is 338 g/mol. The minimum Gasteiger partial charge on any atom is -0.481 e. The van der Waals surface area contributed by atoms with E-state index in [-0.39, 0.29) is 17.8 Å². The zero-order valence-electron chi connectivity index (χ0n) is 15.2. The van der Waals surface area contributed by atoms with E-state index in [4.69, 9.17) is 0 Å². The summed E-state index contributed by atoms with van der Waals surface area (Å²) in [5, 5.41) is 19.2. The molecule has 0 bridgehead atoms. The van der Waals surface area contributed by atoms with Crippen LogP contribution >= 0.6 is 0 Å². The molecule has 0 saturated heterocycles. The van der Waals surface area contributed by atoms with Crippen molar-refractivity contribution in [2.24, 2.45) is 35.5 Å². The largest absolute Gasteiger partial charge is 0.481 e. The Balaban J connectivity index is 2.23. The van der Waals surface area contributed by atoms with E-state index >= 15 is 0 Å². The summed E-state index contributed by atoms with van der Waals surface area (Å²) in [7, 11) is 0. The van der Waals surface area contributed by atoms with Gasteiger partial charge in [-0.05, 0) is 62.2 Å². The van der Waals surface area contributed by atoms with Crippen LogP contribution in [0.2, 0.25) is 0 Å². The van der Waals surface area contributed by atoms with E-state index in [9.17, 15) is 19.8 Å². The SMILES string of the molecule is CCCCC1C(C(=O)O)CC2CCC(C(=O)O)CC2C1CCCC. The molecule has 138 valence electrons. The summed E-state index contributed by atoms with van der Waals surface area (Å²) in [4.78, 5) is 23.4. The minimum atomic E-state index is -0.659. The Bertz CT molecular complexity index is 433. The topological polar surface area (TPSA) is 74.6 Å². The first-order valence-electron chi connectivity index (χ1n) is 9.95. The summed E-state index contributed by atoms with van der Waals surface area (Å²) >= 11 is 0. The van der Waals surface area contributed by atoms with Gasteiger partial charge >= 0.3 is 11.9 Å². The molecule has 2 aliphatic carbocycles.